The predicted molar refractivity (Wildman–Crippen MR) is 110 cm³/mol. The Morgan fingerprint density at radius 3 is 3.00 bits per heavy atom. The Balaban J connectivity index is 1.57. The normalized spacial score (nSPS) is 17.8. The number of hydrogen-bond donors (Lipinski definition) is 2. The summed E-state index contributed by atoms with van der Waals surface area (Å²) >= 11 is 7.53. The number of aromatic nitrogens is 3. The van der Waals surface area contributed by atoms with Crippen LogP contribution in [0, 0.1) is 5.92 Å². The Labute approximate surface area is 178 Å². The van der Waals surface area contributed by atoms with Crippen molar-refractivity contribution in [3.05, 3.63) is 29.5 Å². The first-order chi connectivity index (χ1) is 13.9. The van der Waals surface area contributed by atoms with E-state index in [1.165, 1.54) is 47.7 Å². The Hall–Kier alpha value is -1.82. The maximum atomic E-state index is 13.0. The fourth-order valence-electron chi connectivity index (χ4n) is 3.06. The molecule has 0 saturated carbocycles. The van der Waals surface area contributed by atoms with Gasteiger partial charge in [-0.05, 0) is 31.0 Å². The summed E-state index contributed by atoms with van der Waals surface area (Å²) in [5.41, 5.74) is 0. The molecule has 1 atom stereocenters. The van der Waals surface area contributed by atoms with Crippen LogP contribution in [0.2, 0.25) is 5.02 Å². The average molecular weight is 460 g/mol. The summed E-state index contributed by atoms with van der Waals surface area (Å²) in [5.74, 6) is 0.517. The van der Waals surface area contributed by atoms with Crippen LogP contribution < -0.4 is 10.1 Å². The minimum Gasteiger partial charge on any atom is -0.495 e. The van der Waals surface area contributed by atoms with Crippen molar-refractivity contribution in [3.8, 4) is 5.75 Å². The van der Waals surface area contributed by atoms with Crippen molar-refractivity contribution < 1.29 is 17.9 Å². The molecule has 1 saturated heterocycles. The number of benzene rings is 1. The number of ether oxygens (including phenoxy) is 1. The fourth-order valence-corrected chi connectivity index (χ4v) is 5.57. The summed E-state index contributed by atoms with van der Waals surface area (Å²) in [7, 11) is -2.28. The Bertz CT molecular complexity index is 939. The van der Waals surface area contributed by atoms with E-state index in [1.54, 1.807) is 0 Å². The second kappa shape index (κ2) is 9.79. The highest BCUT2D eigenvalue weighted by Crippen LogP contribution is 2.30. The molecule has 0 aliphatic carbocycles. The fraction of sp³-hybridized carbons (Fsp3) is 0.471. The van der Waals surface area contributed by atoms with E-state index < -0.39 is 10.0 Å². The highest BCUT2D eigenvalue weighted by molar-refractivity contribution is 7.99. The number of H-pyrrole nitrogens is 1. The Morgan fingerprint density at radius 1 is 1.48 bits per heavy atom. The number of nitrogens with zero attached hydrogens (tertiary/aromatic N) is 3. The van der Waals surface area contributed by atoms with Gasteiger partial charge in [0.1, 0.15) is 12.1 Å². The SMILES string of the molecule is COc1ccc(S(=O)(=O)N2CCC[C@@H](C(=O)NCCSc3ncn[nH]3)C2)cc1Cl. The number of halogens is 1. The molecule has 158 valence electrons. The highest BCUT2D eigenvalue weighted by Gasteiger charge is 2.33. The zero-order chi connectivity index (χ0) is 20.9. The molecule has 29 heavy (non-hydrogen) atoms. The number of piperidine rings is 1. The van der Waals surface area contributed by atoms with Gasteiger partial charge in [-0.3, -0.25) is 9.89 Å². The molecule has 12 heteroatoms. The molecule has 1 aromatic carbocycles. The van der Waals surface area contributed by atoms with Crippen molar-refractivity contribution in [3.63, 3.8) is 0 Å². The first kappa shape index (κ1) is 21.9. The van der Waals surface area contributed by atoms with E-state index in [4.69, 9.17) is 16.3 Å². The summed E-state index contributed by atoms with van der Waals surface area (Å²) in [6.45, 7) is 0.978. The molecule has 1 aliphatic heterocycles. The number of carbonyl (C=O) groups is 1. The number of rotatable bonds is 8. The van der Waals surface area contributed by atoms with Crippen LogP contribution in [0.3, 0.4) is 0 Å². The standard InChI is InChI=1S/C17H22ClN5O4S2/c1-27-15-5-4-13(9-14(15)18)29(25,26)23-7-2-3-12(10-23)16(24)19-6-8-28-17-20-11-21-22-17/h4-5,9,11-12H,2-3,6-8,10H2,1H3,(H,19,24)(H,20,21,22)/t12-/m1/s1. The number of methoxy groups -OCH3 is 1. The molecular formula is C17H22ClN5O4S2. The first-order valence-electron chi connectivity index (χ1n) is 9.01. The highest BCUT2D eigenvalue weighted by atomic mass is 35.5. The molecule has 2 aromatic rings. The molecular weight excluding hydrogens is 438 g/mol. The lowest BCUT2D eigenvalue weighted by Crippen LogP contribution is -2.45. The van der Waals surface area contributed by atoms with E-state index in [2.05, 4.69) is 20.5 Å². The molecule has 0 radical (unpaired) electrons. The van der Waals surface area contributed by atoms with Gasteiger partial charge in [0.25, 0.3) is 0 Å². The summed E-state index contributed by atoms with van der Waals surface area (Å²) < 4.78 is 32.4. The maximum Gasteiger partial charge on any atom is 0.243 e. The van der Waals surface area contributed by atoms with E-state index >= 15 is 0 Å². The van der Waals surface area contributed by atoms with Gasteiger partial charge in [-0.1, -0.05) is 23.4 Å². The molecule has 0 bridgehead atoms. The maximum absolute atomic E-state index is 13.0. The second-order valence-corrected chi connectivity index (χ2v) is 9.86. The molecule has 2 heterocycles. The zero-order valence-electron chi connectivity index (χ0n) is 15.8. The van der Waals surface area contributed by atoms with E-state index in [0.29, 0.717) is 42.6 Å². The number of nitrogens with one attached hydrogen (secondary N) is 2. The minimum absolute atomic E-state index is 0.0906. The molecule has 9 nitrogen and oxygen atoms in total. The van der Waals surface area contributed by atoms with Gasteiger partial charge >= 0.3 is 0 Å². The number of aromatic amines is 1. The monoisotopic (exact) mass is 459 g/mol. The topological polar surface area (TPSA) is 117 Å². The van der Waals surface area contributed by atoms with Crippen molar-refractivity contribution in [2.24, 2.45) is 5.92 Å². The number of sulfonamides is 1. The smallest absolute Gasteiger partial charge is 0.243 e. The Morgan fingerprint density at radius 2 is 2.31 bits per heavy atom. The van der Waals surface area contributed by atoms with Gasteiger partial charge in [0.2, 0.25) is 15.9 Å². The van der Waals surface area contributed by atoms with Gasteiger partial charge in [-0.15, -0.1) is 0 Å². The van der Waals surface area contributed by atoms with E-state index in [0.717, 1.165) is 0 Å². The van der Waals surface area contributed by atoms with Crippen LogP contribution in [0.4, 0.5) is 0 Å². The van der Waals surface area contributed by atoms with Crippen molar-refractivity contribution in [2.45, 2.75) is 22.9 Å². The van der Waals surface area contributed by atoms with Gasteiger partial charge in [-0.2, -0.15) is 9.40 Å². The largest absolute Gasteiger partial charge is 0.495 e. The third-order valence-electron chi connectivity index (χ3n) is 4.55. The third-order valence-corrected chi connectivity index (χ3v) is 7.58. The van der Waals surface area contributed by atoms with Gasteiger partial charge in [0.15, 0.2) is 5.16 Å². The van der Waals surface area contributed by atoms with Crippen molar-refractivity contribution in [2.75, 3.05) is 32.5 Å². The average Bonchev–Trinajstić information content (AvgIpc) is 3.24. The predicted octanol–water partition coefficient (Wildman–Crippen LogP) is 1.78. The molecule has 1 aliphatic rings. The van der Waals surface area contributed by atoms with Crippen LogP contribution >= 0.6 is 23.4 Å². The summed E-state index contributed by atoms with van der Waals surface area (Å²) in [4.78, 5) is 16.6. The van der Waals surface area contributed by atoms with Crippen LogP contribution in [-0.4, -0.2) is 66.3 Å². The quantitative estimate of drug-likeness (QED) is 0.456. The van der Waals surface area contributed by atoms with Crippen LogP contribution in [0.1, 0.15) is 12.8 Å². The molecule has 3 rings (SSSR count). The van der Waals surface area contributed by atoms with Crippen molar-refractivity contribution >= 4 is 39.3 Å². The summed E-state index contributed by atoms with van der Waals surface area (Å²) in [6, 6.07) is 4.36. The number of carbonyl (C=O) groups excluding carboxylic acids is 1. The number of thioether (sulfide) groups is 1. The lowest BCUT2D eigenvalue weighted by molar-refractivity contribution is -0.125. The lowest BCUT2D eigenvalue weighted by Gasteiger charge is -2.31. The molecule has 1 aromatic heterocycles. The second-order valence-electron chi connectivity index (χ2n) is 6.43. The molecule has 2 N–H and O–H groups in total. The van der Waals surface area contributed by atoms with Gasteiger partial charge in [0, 0.05) is 25.4 Å². The van der Waals surface area contributed by atoms with Crippen LogP contribution in [0.25, 0.3) is 0 Å². The number of amides is 1. The zero-order valence-corrected chi connectivity index (χ0v) is 18.2. The van der Waals surface area contributed by atoms with E-state index in [9.17, 15) is 13.2 Å². The summed E-state index contributed by atoms with van der Waals surface area (Å²) in [6.07, 6.45) is 2.69. The first-order valence-corrected chi connectivity index (χ1v) is 11.8. The van der Waals surface area contributed by atoms with Gasteiger partial charge in [0.05, 0.1) is 22.9 Å². The lowest BCUT2D eigenvalue weighted by atomic mass is 9.99. The molecule has 1 fully saturated rings. The van der Waals surface area contributed by atoms with Crippen molar-refractivity contribution in [1.82, 2.24) is 24.8 Å². The van der Waals surface area contributed by atoms with E-state index in [-0.39, 0.29) is 28.3 Å². The summed E-state index contributed by atoms with van der Waals surface area (Å²) in [5, 5.41) is 10.3. The molecule has 1 amide bonds. The Kier molecular flexibility index (Phi) is 7.38. The third kappa shape index (κ3) is 5.41. The van der Waals surface area contributed by atoms with Crippen LogP contribution in [0.5, 0.6) is 5.75 Å². The molecule has 0 unspecified atom stereocenters. The van der Waals surface area contributed by atoms with Gasteiger partial charge in [-0.25, -0.2) is 13.4 Å². The minimum atomic E-state index is -3.74. The van der Waals surface area contributed by atoms with E-state index in [1.807, 2.05) is 0 Å². The van der Waals surface area contributed by atoms with Crippen LogP contribution in [-0.2, 0) is 14.8 Å². The van der Waals surface area contributed by atoms with Crippen molar-refractivity contribution in [1.29, 1.82) is 0 Å². The number of hydrogen-bond acceptors (Lipinski definition) is 7. The van der Waals surface area contributed by atoms with Crippen LogP contribution in [0.15, 0.2) is 34.6 Å². The van der Waals surface area contributed by atoms with Gasteiger partial charge < -0.3 is 10.1 Å². The molecule has 0 spiro atoms.